The fraction of sp³-hybridized carbons (Fsp3) is 0.421. The molecule has 0 saturated heterocycles. The fourth-order valence-corrected chi connectivity index (χ4v) is 4.57. The van der Waals surface area contributed by atoms with E-state index < -0.39 is 11.9 Å². The molecule has 2 aromatic rings. The van der Waals surface area contributed by atoms with Gasteiger partial charge in [0.2, 0.25) is 5.91 Å². The maximum Gasteiger partial charge on any atom is 0.306 e. The number of hydrogen-bond donors (Lipinski definition) is 2. The Kier molecular flexibility index (Phi) is 5.63. The van der Waals surface area contributed by atoms with Crippen molar-refractivity contribution in [2.45, 2.75) is 39.2 Å². The number of aryl methyl sites for hydroxylation is 1. The van der Waals surface area contributed by atoms with Gasteiger partial charge in [-0.3, -0.25) is 9.59 Å². The average Bonchev–Trinajstić information content (AvgIpc) is 3.22. The third-order valence-corrected chi connectivity index (χ3v) is 6.47. The lowest BCUT2D eigenvalue weighted by atomic mass is 10.0. The van der Waals surface area contributed by atoms with Gasteiger partial charge in [-0.05, 0) is 45.2 Å². The molecule has 1 unspecified atom stereocenters. The van der Waals surface area contributed by atoms with Crippen LogP contribution >= 0.6 is 22.9 Å². The van der Waals surface area contributed by atoms with E-state index in [2.05, 4.69) is 10.3 Å². The number of carboxylic acids is 1. The Balaban J connectivity index is 1.68. The number of aromatic nitrogens is 1. The molecule has 26 heavy (non-hydrogen) atoms. The van der Waals surface area contributed by atoms with Gasteiger partial charge in [0, 0.05) is 16.5 Å². The van der Waals surface area contributed by atoms with E-state index in [0.717, 1.165) is 21.1 Å². The van der Waals surface area contributed by atoms with Crippen molar-refractivity contribution in [3.05, 3.63) is 39.9 Å². The molecule has 1 fully saturated rings. The maximum absolute atomic E-state index is 12.5. The van der Waals surface area contributed by atoms with Gasteiger partial charge in [-0.2, -0.15) is 0 Å². The minimum absolute atomic E-state index is 0.0675. The van der Waals surface area contributed by atoms with Crippen molar-refractivity contribution in [1.82, 2.24) is 10.3 Å². The van der Waals surface area contributed by atoms with Crippen molar-refractivity contribution in [1.29, 1.82) is 0 Å². The van der Waals surface area contributed by atoms with E-state index in [0.29, 0.717) is 24.3 Å². The first-order chi connectivity index (χ1) is 12.3. The zero-order valence-corrected chi connectivity index (χ0v) is 16.2. The first-order valence-electron chi connectivity index (χ1n) is 8.61. The molecule has 2 N–H and O–H groups in total. The first kappa shape index (κ1) is 18.9. The van der Waals surface area contributed by atoms with Crippen molar-refractivity contribution in [3.8, 4) is 10.6 Å². The number of nitrogens with one attached hydrogen (secondary N) is 1. The third-order valence-electron chi connectivity index (χ3n) is 4.83. The number of carbonyl (C=O) groups is 2. The summed E-state index contributed by atoms with van der Waals surface area (Å²) in [4.78, 5) is 29.2. The van der Waals surface area contributed by atoms with Crippen LogP contribution in [0.4, 0.5) is 0 Å². The molecule has 0 bridgehead atoms. The summed E-state index contributed by atoms with van der Waals surface area (Å²) in [6.07, 6.45) is 1.63. The minimum Gasteiger partial charge on any atom is -0.481 e. The van der Waals surface area contributed by atoms with Crippen LogP contribution in [-0.2, 0) is 9.59 Å². The van der Waals surface area contributed by atoms with Crippen LogP contribution in [0.3, 0.4) is 0 Å². The number of benzene rings is 1. The monoisotopic (exact) mass is 392 g/mol. The van der Waals surface area contributed by atoms with Gasteiger partial charge >= 0.3 is 5.97 Å². The molecule has 0 radical (unpaired) electrons. The number of aliphatic carboxylic acids is 1. The summed E-state index contributed by atoms with van der Waals surface area (Å²) in [6.45, 7) is 3.87. The average molecular weight is 393 g/mol. The molecule has 5 nitrogen and oxygen atoms in total. The Hall–Kier alpha value is -1.92. The second kappa shape index (κ2) is 7.76. The van der Waals surface area contributed by atoms with E-state index in [1.807, 2.05) is 38.1 Å². The predicted molar refractivity (Wildman–Crippen MR) is 102 cm³/mol. The van der Waals surface area contributed by atoms with Crippen molar-refractivity contribution >= 4 is 34.8 Å². The molecule has 0 spiro atoms. The number of rotatable bonds is 5. The molecule has 1 saturated carbocycles. The molecular weight excluding hydrogens is 372 g/mol. The highest BCUT2D eigenvalue weighted by molar-refractivity contribution is 7.15. The molecule has 3 rings (SSSR count). The van der Waals surface area contributed by atoms with Crippen LogP contribution < -0.4 is 5.32 Å². The number of carbonyl (C=O) groups excluding carboxylic acids is 1. The Morgan fingerprint density at radius 1 is 1.27 bits per heavy atom. The van der Waals surface area contributed by atoms with Crippen LogP contribution in [0.25, 0.3) is 10.6 Å². The van der Waals surface area contributed by atoms with Gasteiger partial charge in [0.05, 0.1) is 22.5 Å². The molecule has 1 aromatic heterocycles. The summed E-state index contributed by atoms with van der Waals surface area (Å²) >= 11 is 7.49. The van der Waals surface area contributed by atoms with E-state index in [9.17, 15) is 9.59 Å². The van der Waals surface area contributed by atoms with Crippen molar-refractivity contribution in [2.75, 3.05) is 0 Å². The van der Waals surface area contributed by atoms with Crippen LogP contribution in [0.5, 0.6) is 0 Å². The Labute approximate surface area is 161 Å². The van der Waals surface area contributed by atoms with Gasteiger partial charge < -0.3 is 10.4 Å². The zero-order valence-electron chi connectivity index (χ0n) is 14.7. The van der Waals surface area contributed by atoms with Gasteiger partial charge in [0.25, 0.3) is 0 Å². The van der Waals surface area contributed by atoms with Crippen LogP contribution in [0.15, 0.2) is 24.3 Å². The van der Waals surface area contributed by atoms with Gasteiger partial charge in [-0.25, -0.2) is 4.98 Å². The van der Waals surface area contributed by atoms with Gasteiger partial charge in [0.1, 0.15) is 5.01 Å². The van der Waals surface area contributed by atoms with Gasteiger partial charge in [-0.15, -0.1) is 11.3 Å². The number of amides is 1. The minimum atomic E-state index is -0.806. The topological polar surface area (TPSA) is 79.3 Å². The molecule has 1 aliphatic rings. The summed E-state index contributed by atoms with van der Waals surface area (Å²) in [5.74, 6) is -1.49. The van der Waals surface area contributed by atoms with Crippen LogP contribution in [0, 0.1) is 18.8 Å². The lowest BCUT2D eigenvalue weighted by molar-refractivity contribution is -0.141. The summed E-state index contributed by atoms with van der Waals surface area (Å²) in [5.41, 5.74) is 1.88. The molecule has 7 heteroatoms. The standard InChI is InChI=1S/C19H21ClN2O3S/c1-10(21-17(23)13-3-4-14(9-13)19(24)25)16-11(2)22-18(26-16)12-5-7-15(20)8-6-12/h5-8,10,13-14H,3-4,9H2,1-2H3,(H,21,23)(H,24,25)/t10?,13-,14+/m1/s1. The fourth-order valence-electron chi connectivity index (χ4n) is 3.37. The molecule has 138 valence electrons. The molecular formula is C19H21ClN2O3S. The number of nitrogens with zero attached hydrogens (tertiary/aromatic N) is 1. The molecule has 1 aromatic carbocycles. The van der Waals surface area contributed by atoms with Crippen molar-refractivity contribution in [2.24, 2.45) is 11.8 Å². The smallest absolute Gasteiger partial charge is 0.306 e. The van der Waals surface area contributed by atoms with Crippen LogP contribution in [0.2, 0.25) is 5.02 Å². The quantitative estimate of drug-likeness (QED) is 0.787. The van der Waals surface area contributed by atoms with E-state index in [-0.39, 0.29) is 17.9 Å². The Morgan fingerprint density at radius 2 is 1.92 bits per heavy atom. The van der Waals surface area contributed by atoms with E-state index in [1.54, 1.807) is 11.3 Å². The second-order valence-electron chi connectivity index (χ2n) is 6.75. The Bertz CT molecular complexity index is 819. The lowest BCUT2D eigenvalue weighted by Crippen LogP contribution is -2.32. The Morgan fingerprint density at radius 3 is 2.54 bits per heavy atom. The van der Waals surface area contributed by atoms with E-state index in [4.69, 9.17) is 16.7 Å². The van der Waals surface area contributed by atoms with Crippen molar-refractivity contribution < 1.29 is 14.7 Å². The maximum atomic E-state index is 12.5. The number of halogens is 1. The van der Waals surface area contributed by atoms with Crippen LogP contribution in [-0.4, -0.2) is 22.0 Å². The summed E-state index contributed by atoms with van der Waals surface area (Å²) in [7, 11) is 0. The zero-order chi connectivity index (χ0) is 18.8. The van der Waals surface area contributed by atoms with E-state index >= 15 is 0 Å². The molecule has 3 atom stereocenters. The SMILES string of the molecule is Cc1nc(-c2ccc(Cl)cc2)sc1C(C)NC(=O)[C@@H]1CC[C@H](C(=O)O)C1. The molecule has 1 heterocycles. The second-order valence-corrected chi connectivity index (χ2v) is 8.22. The highest BCUT2D eigenvalue weighted by atomic mass is 35.5. The third kappa shape index (κ3) is 4.07. The highest BCUT2D eigenvalue weighted by Gasteiger charge is 2.34. The largest absolute Gasteiger partial charge is 0.481 e. The predicted octanol–water partition coefficient (Wildman–Crippen LogP) is 4.45. The summed E-state index contributed by atoms with van der Waals surface area (Å²) < 4.78 is 0. The molecule has 0 aliphatic heterocycles. The summed E-state index contributed by atoms with van der Waals surface area (Å²) in [6, 6.07) is 7.36. The number of hydrogen-bond acceptors (Lipinski definition) is 4. The van der Waals surface area contributed by atoms with Gasteiger partial charge in [0.15, 0.2) is 0 Å². The van der Waals surface area contributed by atoms with Crippen molar-refractivity contribution in [3.63, 3.8) is 0 Å². The highest BCUT2D eigenvalue weighted by Crippen LogP contribution is 2.34. The normalized spacial score (nSPS) is 20.7. The van der Waals surface area contributed by atoms with Crippen LogP contribution in [0.1, 0.15) is 42.8 Å². The van der Waals surface area contributed by atoms with E-state index in [1.165, 1.54) is 0 Å². The van der Waals surface area contributed by atoms with Gasteiger partial charge in [-0.1, -0.05) is 23.7 Å². The number of carboxylic acid groups (broad SMARTS) is 1. The molecule has 1 amide bonds. The number of thiazole rings is 1. The molecule has 1 aliphatic carbocycles. The first-order valence-corrected chi connectivity index (χ1v) is 9.81. The lowest BCUT2D eigenvalue weighted by Gasteiger charge is -2.16. The summed E-state index contributed by atoms with van der Waals surface area (Å²) in [5, 5.41) is 13.7.